The Bertz CT molecular complexity index is 822. The molecule has 0 aliphatic carbocycles. The van der Waals surface area contributed by atoms with Crippen molar-refractivity contribution in [3.05, 3.63) is 33.9 Å². The van der Waals surface area contributed by atoms with Gasteiger partial charge in [-0.05, 0) is 31.0 Å². The summed E-state index contributed by atoms with van der Waals surface area (Å²) in [6, 6.07) is 6.23. The monoisotopic (exact) mass is 394 g/mol. The molecule has 2 fully saturated rings. The summed E-state index contributed by atoms with van der Waals surface area (Å²) in [6.45, 7) is 4.10. The molecule has 0 amide bonds. The molecule has 0 saturated carbocycles. The van der Waals surface area contributed by atoms with Crippen LogP contribution in [0.1, 0.15) is 24.6 Å². The average molecular weight is 395 g/mol. The summed E-state index contributed by atoms with van der Waals surface area (Å²) >= 11 is 12.4. The zero-order valence-corrected chi connectivity index (χ0v) is 15.8. The van der Waals surface area contributed by atoms with Crippen LogP contribution in [0.25, 0.3) is 11.3 Å². The molecule has 1 aromatic carbocycles. The molecule has 0 spiro atoms. The van der Waals surface area contributed by atoms with E-state index in [1.165, 1.54) is 0 Å². The van der Waals surface area contributed by atoms with E-state index < -0.39 is 0 Å². The van der Waals surface area contributed by atoms with E-state index in [-0.39, 0.29) is 12.1 Å². The van der Waals surface area contributed by atoms with Crippen LogP contribution in [0.15, 0.2) is 18.2 Å². The molecular formula is C18H20Cl2N4O2. The lowest BCUT2D eigenvalue weighted by molar-refractivity contribution is -0.00870. The molecule has 0 radical (unpaired) electrons. The SMILES string of the molecule is Clc1ccc(-c2nnn3c2CO[C@H]2CN(C4CCOCC4)CC23)c(Cl)c1. The number of likely N-dealkylation sites (tertiary alicyclic amines) is 1. The zero-order chi connectivity index (χ0) is 17.7. The van der Waals surface area contributed by atoms with Crippen molar-refractivity contribution in [2.75, 3.05) is 26.3 Å². The molecule has 138 valence electrons. The molecule has 3 aliphatic rings. The molecular weight excluding hydrogens is 375 g/mol. The molecule has 2 aromatic rings. The van der Waals surface area contributed by atoms with Crippen LogP contribution < -0.4 is 0 Å². The number of rotatable bonds is 2. The van der Waals surface area contributed by atoms with E-state index in [1.807, 2.05) is 16.8 Å². The third-order valence-corrected chi connectivity index (χ3v) is 6.25. The van der Waals surface area contributed by atoms with Crippen LogP contribution in [0.4, 0.5) is 0 Å². The van der Waals surface area contributed by atoms with Gasteiger partial charge >= 0.3 is 0 Å². The van der Waals surface area contributed by atoms with Crippen molar-refractivity contribution >= 4 is 23.2 Å². The standard InChI is InChI=1S/C18H20Cl2N4O2/c19-11-1-2-13(14(20)7-11)18-16-10-26-17-9-23(12-3-5-25-6-4-12)8-15(17)24(16)22-21-18/h1-2,7,12,15,17H,3-6,8-10H2/t15?,17-/m0/s1. The Hall–Kier alpha value is -1.18. The van der Waals surface area contributed by atoms with E-state index >= 15 is 0 Å². The van der Waals surface area contributed by atoms with Gasteiger partial charge in [-0.25, -0.2) is 4.68 Å². The normalized spacial score (nSPS) is 26.7. The summed E-state index contributed by atoms with van der Waals surface area (Å²) in [7, 11) is 0. The van der Waals surface area contributed by atoms with Crippen molar-refractivity contribution < 1.29 is 9.47 Å². The summed E-state index contributed by atoms with van der Waals surface area (Å²) in [5.74, 6) is 0. The second kappa shape index (κ2) is 6.77. The van der Waals surface area contributed by atoms with Gasteiger partial charge in [0, 0.05) is 42.9 Å². The van der Waals surface area contributed by atoms with Crippen molar-refractivity contribution in [3.63, 3.8) is 0 Å². The maximum absolute atomic E-state index is 6.38. The Balaban J connectivity index is 1.43. The lowest BCUT2D eigenvalue weighted by atomic mass is 10.1. The van der Waals surface area contributed by atoms with E-state index in [2.05, 4.69) is 15.2 Å². The molecule has 0 N–H and O–H groups in total. The number of hydrogen-bond donors (Lipinski definition) is 0. The molecule has 6 nitrogen and oxygen atoms in total. The quantitative estimate of drug-likeness (QED) is 0.782. The van der Waals surface area contributed by atoms with Gasteiger partial charge in [-0.1, -0.05) is 28.4 Å². The molecule has 3 aliphatic heterocycles. The molecule has 26 heavy (non-hydrogen) atoms. The fourth-order valence-corrected chi connectivity index (χ4v) is 4.82. The van der Waals surface area contributed by atoms with Gasteiger partial charge in [0.15, 0.2) is 0 Å². The number of nitrogens with zero attached hydrogens (tertiary/aromatic N) is 4. The highest BCUT2D eigenvalue weighted by Gasteiger charge is 2.43. The lowest BCUT2D eigenvalue weighted by Gasteiger charge is -2.30. The van der Waals surface area contributed by atoms with E-state index in [9.17, 15) is 0 Å². The predicted molar refractivity (Wildman–Crippen MR) is 98.5 cm³/mol. The van der Waals surface area contributed by atoms with Gasteiger partial charge in [0.1, 0.15) is 5.69 Å². The molecule has 0 bridgehead atoms. The van der Waals surface area contributed by atoms with Crippen molar-refractivity contribution in [3.8, 4) is 11.3 Å². The number of aromatic nitrogens is 3. The average Bonchev–Trinajstić information content (AvgIpc) is 3.26. The largest absolute Gasteiger partial charge is 0.381 e. The number of hydrogen-bond acceptors (Lipinski definition) is 5. The Kier molecular flexibility index (Phi) is 4.41. The zero-order valence-electron chi connectivity index (χ0n) is 14.3. The van der Waals surface area contributed by atoms with Crippen LogP contribution >= 0.6 is 23.2 Å². The van der Waals surface area contributed by atoms with Crippen LogP contribution in [0, 0.1) is 0 Å². The summed E-state index contributed by atoms with van der Waals surface area (Å²) in [5, 5.41) is 10.1. The highest BCUT2D eigenvalue weighted by molar-refractivity contribution is 6.36. The molecule has 2 saturated heterocycles. The van der Waals surface area contributed by atoms with Crippen molar-refractivity contribution in [1.29, 1.82) is 0 Å². The summed E-state index contributed by atoms with van der Waals surface area (Å²) in [5.41, 5.74) is 2.62. The van der Waals surface area contributed by atoms with E-state index in [0.29, 0.717) is 22.7 Å². The van der Waals surface area contributed by atoms with Crippen molar-refractivity contribution in [2.45, 2.75) is 37.6 Å². The van der Waals surface area contributed by atoms with Crippen LogP contribution in [0.3, 0.4) is 0 Å². The number of ether oxygens (including phenoxy) is 2. The Labute approximate surface area is 162 Å². The minimum Gasteiger partial charge on any atom is -0.381 e. The summed E-state index contributed by atoms with van der Waals surface area (Å²) in [4.78, 5) is 2.53. The number of halogens is 2. The maximum atomic E-state index is 6.38. The van der Waals surface area contributed by atoms with E-state index in [0.717, 1.165) is 56.1 Å². The minimum atomic E-state index is 0.167. The van der Waals surface area contributed by atoms with Crippen LogP contribution in [-0.2, 0) is 16.1 Å². The topological polar surface area (TPSA) is 52.4 Å². The van der Waals surface area contributed by atoms with Crippen LogP contribution in [0.2, 0.25) is 10.0 Å². The highest BCUT2D eigenvalue weighted by Crippen LogP contribution is 2.38. The third kappa shape index (κ3) is 2.84. The minimum absolute atomic E-state index is 0.167. The molecule has 2 atom stereocenters. The van der Waals surface area contributed by atoms with Gasteiger partial charge in [-0.2, -0.15) is 0 Å². The lowest BCUT2D eigenvalue weighted by Crippen LogP contribution is -2.38. The van der Waals surface area contributed by atoms with Crippen molar-refractivity contribution in [1.82, 2.24) is 19.9 Å². The Morgan fingerprint density at radius 3 is 2.77 bits per heavy atom. The fraction of sp³-hybridized carbons (Fsp3) is 0.556. The Morgan fingerprint density at radius 1 is 1.12 bits per heavy atom. The van der Waals surface area contributed by atoms with Gasteiger partial charge in [-0.15, -0.1) is 5.10 Å². The smallest absolute Gasteiger partial charge is 0.120 e. The Morgan fingerprint density at radius 2 is 1.96 bits per heavy atom. The highest BCUT2D eigenvalue weighted by atomic mass is 35.5. The first-order valence-electron chi connectivity index (χ1n) is 9.03. The second-order valence-corrected chi connectivity index (χ2v) is 8.01. The van der Waals surface area contributed by atoms with Crippen LogP contribution in [-0.4, -0.2) is 58.3 Å². The molecule has 1 unspecified atom stereocenters. The second-order valence-electron chi connectivity index (χ2n) is 7.17. The molecule has 4 heterocycles. The molecule has 5 rings (SSSR count). The predicted octanol–water partition coefficient (Wildman–Crippen LogP) is 3.19. The summed E-state index contributed by atoms with van der Waals surface area (Å²) in [6.07, 6.45) is 2.35. The third-order valence-electron chi connectivity index (χ3n) is 5.70. The van der Waals surface area contributed by atoms with Gasteiger partial charge in [-0.3, -0.25) is 4.90 Å². The first-order valence-corrected chi connectivity index (χ1v) is 9.79. The first-order chi connectivity index (χ1) is 12.7. The van der Waals surface area contributed by atoms with Gasteiger partial charge in [0.05, 0.1) is 29.5 Å². The fourth-order valence-electron chi connectivity index (χ4n) is 4.32. The van der Waals surface area contributed by atoms with Crippen molar-refractivity contribution in [2.24, 2.45) is 0 Å². The first kappa shape index (κ1) is 17.0. The van der Waals surface area contributed by atoms with Gasteiger partial charge in [0.25, 0.3) is 0 Å². The molecule has 1 aromatic heterocycles. The summed E-state index contributed by atoms with van der Waals surface area (Å²) < 4.78 is 13.7. The van der Waals surface area contributed by atoms with E-state index in [1.54, 1.807) is 6.07 Å². The van der Waals surface area contributed by atoms with Gasteiger partial charge < -0.3 is 9.47 Å². The van der Waals surface area contributed by atoms with E-state index in [4.69, 9.17) is 32.7 Å². The van der Waals surface area contributed by atoms with Gasteiger partial charge in [0.2, 0.25) is 0 Å². The maximum Gasteiger partial charge on any atom is 0.120 e. The number of benzene rings is 1. The molecule has 8 heteroatoms. The van der Waals surface area contributed by atoms with Crippen LogP contribution in [0.5, 0.6) is 0 Å². The number of fused-ring (bicyclic) bond motifs is 3.